The Hall–Kier alpha value is -1.45. The second-order valence-electron chi connectivity index (χ2n) is 6.96. The van der Waals surface area contributed by atoms with Crippen LogP contribution in [0.2, 0.25) is 5.02 Å². The molecule has 1 aliphatic heterocycles. The number of benzene rings is 1. The van der Waals surface area contributed by atoms with E-state index in [0.717, 1.165) is 16.5 Å². The minimum Gasteiger partial charge on any atom is -0.423 e. The van der Waals surface area contributed by atoms with Gasteiger partial charge in [-0.2, -0.15) is 17.0 Å². The van der Waals surface area contributed by atoms with Crippen molar-refractivity contribution in [3.8, 4) is 0 Å². The molecule has 28 heavy (non-hydrogen) atoms. The molecule has 0 radical (unpaired) electrons. The summed E-state index contributed by atoms with van der Waals surface area (Å²) in [4.78, 5) is 14.1. The van der Waals surface area contributed by atoms with Crippen LogP contribution in [0, 0.1) is 6.92 Å². The third kappa shape index (κ3) is 4.26. The van der Waals surface area contributed by atoms with Crippen molar-refractivity contribution in [2.45, 2.75) is 27.3 Å². The number of fused-ring (bicyclic) bond motifs is 1. The molecule has 0 spiro atoms. The predicted molar refractivity (Wildman–Crippen MR) is 111 cm³/mol. The molecule has 2 aromatic rings. The lowest BCUT2D eigenvalue weighted by molar-refractivity contribution is 0.175. The molecule has 1 aromatic carbocycles. The molecule has 0 atom stereocenters. The molecule has 0 bridgehead atoms. The minimum atomic E-state index is -3.41. The van der Waals surface area contributed by atoms with Crippen LogP contribution in [0.15, 0.2) is 27.4 Å². The van der Waals surface area contributed by atoms with Crippen LogP contribution in [-0.2, 0) is 16.8 Å². The Kier molecular flexibility index (Phi) is 6.46. The molecule has 9 heteroatoms. The van der Waals surface area contributed by atoms with Crippen molar-refractivity contribution < 1.29 is 12.8 Å². The van der Waals surface area contributed by atoms with Crippen molar-refractivity contribution in [2.75, 3.05) is 39.3 Å². The monoisotopic (exact) mass is 427 g/mol. The number of piperazine rings is 1. The molecule has 2 heterocycles. The molecule has 1 aromatic heterocycles. The Morgan fingerprint density at radius 3 is 2.36 bits per heavy atom. The Morgan fingerprint density at radius 2 is 1.75 bits per heavy atom. The van der Waals surface area contributed by atoms with Crippen molar-refractivity contribution in [2.24, 2.45) is 0 Å². The molecule has 1 aliphatic rings. The molecule has 0 saturated carbocycles. The van der Waals surface area contributed by atoms with Crippen LogP contribution in [0.5, 0.6) is 0 Å². The quantitative estimate of drug-likeness (QED) is 0.662. The second-order valence-corrected chi connectivity index (χ2v) is 9.29. The van der Waals surface area contributed by atoms with Gasteiger partial charge in [0.25, 0.3) is 10.2 Å². The maximum Gasteiger partial charge on any atom is 0.336 e. The molecule has 0 unspecified atom stereocenters. The fourth-order valence-electron chi connectivity index (χ4n) is 3.55. The fraction of sp³-hybridized carbons (Fsp3) is 0.526. The van der Waals surface area contributed by atoms with E-state index in [1.54, 1.807) is 6.07 Å². The summed E-state index contributed by atoms with van der Waals surface area (Å²) in [5.74, 6) is 0. The van der Waals surface area contributed by atoms with Crippen LogP contribution in [0.3, 0.4) is 0 Å². The molecule has 0 aliphatic carbocycles. The van der Waals surface area contributed by atoms with Gasteiger partial charge in [-0.15, -0.1) is 0 Å². The van der Waals surface area contributed by atoms with E-state index in [4.69, 9.17) is 16.0 Å². The van der Waals surface area contributed by atoms with E-state index in [2.05, 4.69) is 4.90 Å². The normalized spacial score (nSPS) is 16.9. The van der Waals surface area contributed by atoms with Crippen molar-refractivity contribution in [1.29, 1.82) is 0 Å². The molecular weight excluding hydrogens is 402 g/mol. The number of rotatable bonds is 6. The maximum absolute atomic E-state index is 12.7. The van der Waals surface area contributed by atoms with Gasteiger partial charge in [-0.1, -0.05) is 25.4 Å². The Balaban J connectivity index is 1.77. The van der Waals surface area contributed by atoms with Gasteiger partial charge in [0.15, 0.2) is 0 Å². The van der Waals surface area contributed by atoms with Crippen LogP contribution in [0.4, 0.5) is 0 Å². The zero-order valence-electron chi connectivity index (χ0n) is 16.4. The average Bonchev–Trinajstić information content (AvgIpc) is 2.64. The Morgan fingerprint density at radius 1 is 1.11 bits per heavy atom. The summed E-state index contributed by atoms with van der Waals surface area (Å²) in [6.45, 7) is 9.08. The minimum absolute atomic E-state index is 0.396. The first-order valence-corrected chi connectivity index (χ1v) is 11.2. The topological polar surface area (TPSA) is 74.1 Å². The second kappa shape index (κ2) is 8.51. The lowest BCUT2D eigenvalue weighted by atomic mass is 10.1. The number of aryl methyl sites for hydroxylation is 1. The van der Waals surface area contributed by atoms with Crippen LogP contribution in [-0.4, -0.2) is 61.2 Å². The Bertz CT molecular complexity index is 1010. The van der Waals surface area contributed by atoms with E-state index in [-0.39, 0.29) is 0 Å². The van der Waals surface area contributed by atoms with Crippen LogP contribution < -0.4 is 5.63 Å². The highest BCUT2D eigenvalue weighted by Gasteiger charge is 2.30. The van der Waals surface area contributed by atoms with Gasteiger partial charge in [-0.05, 0) is 30.2 Å². The predicted octanol–water partition coefficient (Wildman–Crippen LogP) is 2.46. The zero-order chi connectivity index (χ0) is 20.5. The molecule has 0 amide bonds. The summed E-state index contributed by atoms with van der Waals surface area (Å²) < 4.78 is 33.7. The summed E-state index contributed by atoms with van der Waals surface area (Å²) >= 11 is 6.26. The van der Waals surface area contributed by atoms with Gasteiger partial charge in [0, 0.05) is 62.3 Å². The molecule has 0 N–H and O–H groups in total. The van der Waals surface area contributed by atoms with Crippen LogP contribution in [0.25, 0.3) is 11.0 Å². The summed E-state index contributed by atoms with van der Waals surface area (Å²) in [5.41, 5.74) is 1.82. The van der Waals surface area contributed by atoms with E-state index < -0.39 is 15.8 Å². The summed E-state index contributed by atoms with van der Waals surface area (Å²) in [6, 6.07) is 5.09. The lowest BCUT2D eigenvalue weighted by Gasteiger charge is -2.36. The van der Waals surface area contributed by atoms with E-state index in [1.807, 2.05) is 26.8 Å². The third-order valence-electron chi connectivity index (χ3n) is 5.19. The van der Waals surface area contributed by atoms with Crippen LogP contribution in [0.1, 0.15) is 25.0 Å². The summed E-state index contributed by atoms with van der Waals surface area (Å²) in [5, 5.41) is 1.44. The van der Waals surface area contributed by atoms with Crippen molar-refractivity contribution in [1.82, 2.24) is 13.5 Å². The van der Waals surface area contributed by atoms with Gasteiger partial charge in [-0.3, -0.25) is 4.90 Å². The fourth-order valence-corrected chi connectivity index (χ4v) is 5.32. The highest BCUT2D eigenvalue weighted by atomic mass is 35.5. The standard InChI is InChI=1S/C19H26ClN3O4S/c1-4-22(5-2)28(25,26)23-8-6-21(7-9-23)13-15-11-19(24)27-18-10-14(3)17(20)12-16(15)18/h10-12H,4-9,13H2,1-3H3. The van der Waals surface area contributed by atoms with E-state index in [9.17, 15) is 13.2 Å². The molecule has 1 saturated heterocycles. The highest BCUT2D eigenvalue weighted by Crippen LogP contribution is 2.26. The average molecular weight is 428 g/mol. The van der Waals surface area contributed by atoms with E-state index >= 15 is 0 Å². The summed E-state index contributed by atoms with van der Waals surface area (Å²) in [7, 11) is -3.41. The SMILES string of the molecule is CCN(CC)S(=O)(=O)N1CCN(Cc2cc(=O)oc3cc(C)c(Cl)cc23)CC1. The van der Waals surface area contributed by atoms with Gasteiger partial charge in [0.1, 0.15) is 5.58 Å². The first kappa shape index (κ1) is 21.3. The first-order valence-electron chi connectivity index (χ1n) is 9.46. The van der Waals surface area contributed by atoms with Gasteiger partial charge in [0.2, 0.25) is 0 Å². The number of halogens is 1. The molecular formula is C19H26ClN3O4S. The van der Waals surface area contributed by atoms with Gasteiger partial charge in [0.05, 0.1) is 0 Å². The molecule has 7 nitrogen and oxygen atoms in total. The number of nitrogens with zero attached hydrogens (tertiary/aromatic N) is 3. The largest absolute Gasteiger partial charge is 0.423 e. The van der Waals surface area contributed by atoms with Crippen molar-refractivity contribution in [3.05, 3.63) is 44.8 Å². The summed E-state index contributed by atoms with van der Waals surface area (Å²) in [6.07, 6.45) is 0. The molecule has 154 valence electrons. The zero-order valence-corrected chi connectivity index (χ0v) is 18.0. The maximum atomic E-state index is 12.7. The molecule has 3 rings (SSSR count). The smallest absolute Gasteiger partial charge is 0.336 e. The third-order valence-corrected chi connectivity index (χ3v) is 7.79. The Labute approximate surface area is 170 Å². The van der Waals surface area contributed by atoms with E-state index in [1.165, 1.54) is 14.7 Å². The highest BCUT2D eigenvalue weighted by molar-refractivity contribution is 7.86. The molecule has 1 fully saturated rings. The van der Waals surface area contributed by atoms with Gasteiger partial charge < -0.3 is 4.42 Å². The number of hydrogen-bond donors (Lipinski definition) is 0. The van der Waals surface area contributed by atoms with Gasteiger partial charge in [-0.25, -0.2) is 4.79 Å². The number of hydrogen-bond acceptors (Lipinski definition) is 5. The van der Waals surface area contributed by atoms with Crippen molar-refractivity contribution in [3.63, 3.8) is 0 Å². The van der Waals surface area contributed by atoms with Crippen molar-refractivity contribution >= 4 is 32.8 Å². The van der Waals surface area contributed by atoms with E-state index in [0.29, 0.717) is 56.4 Å². The van der Waals surface area contributed by atoms with Gasteiger partial charge >= 0.3 is 5.63 Å². The first-order chi connectivity index (χ1) is 13.3. The lowest BCUT2D eigenvalue weighted by Crippen LogP contribution is -2.52. The van der Waals surface area contributed by atoms with Crippen LogP contribution >= 0.6 is 11.6 Å².